The number of carbonyl (C=O) groups excluding carboxylic acids is 3. The van der Waals surface area contributed by atoms with Crippen molar-refractivity contribution in [3.05, 3.63) is 30.1 Å². The fourth-order valence-corrected chi connectivity index (χ4v) is 5.30. The molecule has 35 heavy (non-hydrogen) atoms. The molecule has 1 aliphatic carbocycles. The zero-order valence-corrected chi connectivity index (χ0v) is 19.4. The van der Waals surface area contributed by atoms with E-state index in [0.717, 1.165) is 0 Å². The normalized spacial score (nSPS) is 23.6. The predicted octanol–water partition coefficient (Wildman–Crippen LogP) is 2.93. The number of anilines is 1. The molecule has 3 aliphatic rings. The monoisotopic (exact) mass is 491 g/mol. The Morgan fingerprint density at radius 1 is 1.23 bits per heavy atom. The standard InChI is InChI=1S/C24H28F3N5O3/c1-22(26,27)12-17(19(33)30-24(14-28)6-7-24)18-13-23(8-10-31(11-9-23)21(29)35)20(34)32(18)16-4-2-15(25)3-5-16/h2-5,17-18H,6-13H2,1H3,(H2,29,35)(H,30,33)/t17-,18?/m0/s1. The van der Waals surface area contributed by atoms with E-state index in [9.17, 15) is 32.8 Å². The highest BCUT2D eigenvalue weighted by atomic mass is 19.3. The first-order valence-electron chi connectivity index (χ1n) is 11.6. The van der Waals surface area contributed by atoms with E-state index in [0.29, 0.717) is 25.5 Å². The van der Waals surface area contributed by atoms with Gasteiger partial charge >= 0.3 is 6.03 Å². The number of hydrogen-bond acceptors (Lipinski definition) is 4. The van der Waals surface area contributed by atoms with Crippen LogP contribution in [0.1, 0.15) is 45.4 Å². The molecular formula is C24H28F3N5O3. The minimum Gasteiger partial charge on any atom is -0.351 e. The quantitative estimate of drug-likeness (QED) is 0.636. The molecule has 1 spiro atoms. The third-order valence-electron chi connectivity index (χ3n) is 7.45. The Balaban J connectivity index is 1.71. The van der Waals surface area contributed by atoms with Gasteiger partial charge in [-0.3, -0.25) is 9.59 Å². The van der Waals surface area contributed by atoms with Gasteiger partial charge in [-0.1, -0.05) is 0 Å². The van der Waals surface area contributed by atoms with E-state index in [4.69, 9.17) is 5.73 Å². The van der Waals surface area contributed by atoms with Crippen LogP contribution in [-0.2, 0) is 9.59 Å². The van der Waals surface area contributed by atoms with Gasteiger partial charge in [-0.15, -0.1) is 0 Å². The van der Waals surface area contributed by atoms with Crippen molar-refractivity contribution in [1.82, 2.24) is 10.2 Å². The van der Waals surface area contributed by atoms with Crippen molar-refractivity contribution in [1.29, 1.82) is 5.26 Å². The lowest BCUT2D eigenvalue weighted by Gasteiger charge is -2.37. The fourth-order valence-electron chi connectivity index (χ4n) is 5.30. The summed E-state index contributed by atoms with van der Waals surface area (Å²) in [4.78, 5) is 41.5. The van der Waals surface area contributed by atoms with Gasteiger partial charge in [0, 0.05) is 31.2 Å². The summed E-state index contributed by atoms with van der Waals surface area (Å²) >= 11 is 0. The van der Waals surface area contributed by atoms with Gasteiger partial charge in [0.15, 0.2) is 0 Å². The zero-order valence-electron chi connectivity index (χ0n) is 19.4. The molecule has 1 unspecified atom stereocenters. The van der Waals surface area contributed by atoms with Gasteiger partial charge in [-0.05, 0) is 63.3 Å². The summed E-state index contributed by atoms with van der Waals surface area (Å²) in [5.74, 6) is -6.10. The van der Waals surface area contributed by atoms with Crippen molar-refractivity contribution in [3.8, 4) is 6.07 Å². The number of urea groups is 1. The van der Waals surface area contributed by atoms with E-state index in [-0.39, 0.29) is 38.3 Å². The highest BCUT2D eigenvalue weighted by Crippen LogP contribution is 2.49. The number of alkyl halides is 2. The Hall–Kier alpha value is -3.29. The number of nitrogens with two attached hydrogens (primary N) is 1. The summed E-state index contributed by atoms with van der Waals surface area (Å²) in [6, 6.07) is 5.59. The number of piperidine rings is 1. The molecule has 3 fully saturated rings. The summed E-state index contributed by atoms with van der Waals surface area (Å²) in [5.41, 5.74) is 3.64. The third kappa shape index (κ3) is 4.92. The lowest BCUT2D eigenvalue weighted by molar-refractivity contribution is -0.129. The minimum atomic E-state index is -3.21. The van der Waals surface area contributed by atoms with E-state index in [1.807, 2.05) is 6.07 Å². The number of benzene rings is 1. The molecule has 4 rings (SSSR count). The van der Waals surface area contributed by atoms with Crippen molar-refractivity contribution in [2.24, 2.45) is 17.1 Å². The van der Waals surface area contributed by atoms with E-state index in [1.54, 1.807) is 0 Å². The van der Waals surface area contributed by atoms with Crippen molar-refractivity contribution >= 4 is 23.5 Å². The summed E-state index contributed by atoms with van der Waals surface area (Å²) in [6.45, 7) is 1.16. The molecule has 2 aliphatic heterocycles. The lowest BCUT2D eigenvalue weighted by Crippen LogP contribution is -2.50. The van der Waals surface area contributed by atoms with Gasteiger partial charge in [0.2, 0.25) is 17.7 Å². The number of halogens is 3. The molecule has 11 heteroatoms. The number of amides is 4. The maximum Gasteiger partial charge on any atom is 0.314 e. The summed E-state index contributed by atoms with van der Waals surface area (Å²) in [6.07, 6.45) is 0.693. The van der Waals surface area contributed by atoms with Gasteiger partial charge < -0.3 is 20.9 Å². The van der Waals surface area contributed by atoms with Crippen molar-refractivity contribution < 1.29 is 27.6 Å². The summed E-state index contributed by atoms with van der Waals surface area (Å²) in [7, 11) is 0. The minimum absolute atomic E-state index is 0.115. The molecule has 1 aromatic carbocycles. The molecule has 0 bridgehead atoms. The molecule has 2 heterocycles. The van der Waals surface area contributed by atoms with Crippen molar-refractivity contribution in [2.45, 2.75) is 63.0 Å². The van der Waals surface area contributed by atoms with E-state index < -0.39 is 53.0 Å². The fraction of sp³-hybridized carbons (Fsp3) is 0.583. The SMILES string of the molecule is CC(F)(F)C[C@H](C(=O)NC1(C#N)CC1)C1CC2(CCN(C(N)=O)CC2)C(=O)N1c1ccc(F)cc1. The Morgan fingerprint density at radius 2 is 1.83 bits per heavy atom. The Morgan fingerprint density at radius 3 is 2.31 bits per heavy atom. The second-order valence-electron chi connectivity index (χ2n) is 10.1. The number of rotatable bonds is 6. The second-order valence-corrected chi connectivity index (χ2v) is 10.1. The van der Waals surface area contributed by atoms with Gasteiger partial charge in [-0.2, -0.15) is 5.26 Å². The lowest BCUT2D eigenvalue weighted by atomic mass is 9.74. The molecule has 3 N–H and O–H groups in total. The van der Waals surface area contributed by atoms with Crippen molar-refractivity contribution in [2.75, 3.05) is 18.0 Å². The van der Waals surface area contributed by atoms with E-state index in [2.05, 4.69) is 5.32 Å². The maximum absolute atomic E-state index is 14.3. The molecule has 188 valence electrons. The first kappa shape index (κ1) is 24.8. The van der Waals surface area contributed by atoms with Crippen LogP contribution in [0.5, 0.6) is 0 Å². The summed E-state index contributed by atoms with van der Waals surface area (Å²) in [5, 5.41) is 12.0. The average molecular weight is 492 g/mol. The number of hydrogen-bond donors (Lipinski definition) is 2. The van der Waals surface area contributed by atoms with Gasteiger partial charge in [0.25, 0.3) is 0 Å². The number of likely N-dealkylation sites (tertiary alicyclic amines) is 1. The zero-order chi connectivity index (χ0) is 25.6. The molecular weight excluding hydrogens is 463 g/mol. The highest BCUT2D eigenvalue weighted by Gasteiger charge is 2.57. The number of carbonyl (C=O) groups is 3. The number of nitrogens with zero attached hydrogens (tertiary/aromatic N) is 3. The van der Waals surface area contributed by atoms with Crippen LogP contribution >= 0.6 is 0 Å². The van der Waals surface area contributed by atoms with Crippen LogP contribution in [0.15, 0.2) is 24.3 Å². The molecule has 8 nitrogen and oxygen atoms in total. The number of primary amides is 1. The molecule has 2 atom stereocenters. The van der Waals surface area contributed by atoms with E-state index >= 15 is 0 Å². The number of nitriles is 1. The number of nitrogens with one attached hydrogen (secondary N) is 1. The molecule has 1 aromatic rings. The molecule has 0 aromatic heterocycles. The summed E-state index contributed by atoms with van der Waals surface area (Å²) < 4.78 is 42.3. The van der Waals surface area contributed by atoms with Crippen LogP contribution in [0.25, 0.3) is 0 Å². The van der Waals surface area contributed by atoms with Gasteiger partial charge in [0.05, 0.1) is 17.4 Å². The predicted molar refractivity (Wildman–Crippen MR) is 120 cm³/mol. The average Bonchev–Trinajstić information content (AvgIpc) is 3.52. The molecule has 0 radical (unpaired) electrons. The van der Waals surface area contributed by atoms with Gasteiger partial charge in [0.1, 0.15) is 11.4 Å². The third-order valence-corrected chi connectivity index (χ3v) is 7.45. The van der Waals surface area contributed by atoms with Crippen LogP contribution in [-0.4, -0.2) is 53.3 Å². The highest BCUT2D eigenvalue weighted by molar-refractivity contribution is 6.02. The Bertz CT molecular complexity index is 1050. The topological polar surface area (TPSA) is 120 Å². The first-order chi connectivity index (χ1) is 16.4. The van der Waals surface area contributed by atoms with Crippen LogP contribution in [0, 0.1) is 28.5 Å². The smallest absolute Gasteiger partial charge is 0.314 e. The molecule has 2 saturated heterocycles. The largest absolute Gasteiger partial charge is 0.351 e. The van der Waals surface area contributed by atoms with Crippen LogP contribution in [0.3, 0.4) is 0 Å². The maximum atomic E-state index is 14.3. The molecule has 4 amide bonds. The van der Waals surface area contributed by atoms with Crippen LogP contribution in [0.2, 0.25) is 0 Å². The van der Waals surface area contributed by atoms with Gasteiger partial charge in [-0.25, -0.2) is 18.0 Å². The second kappa shape index (κ2) is 8.73. The van der Waals surface area contributed by atoms with E-state index in [1.165, 1.54) is 34.1 Å². The first-order valence-corrected chi connectivity index (χ1v) is 11.6. The van der Waals surface area contributed by atoms with Crippen molar-refractivity contribution in [3.63, 3.8) is 0 Å². The Labute approximate surface area is 201 Å². The van der Waals surface area contributed by atoms with Crippen LogP contribution < -0.4 is 16.0 Å². The van der Waals surface area contributed by atoms with Crippen LogP contribution in [0.4, 0.5) is 23.7 Å². The molecule has 1 saturated carbocycles. The Kier molecular flexibility index (Phi) is 6.19.